The summed E-state index contributed by atoms with van der Waals surface area (Å²) in [6.45, 7) is 4.42. The van der Waals surface area contributed by atoms with Gasteiger partial charge < -0.3 is 4.74 Å². The highest BCUT2D eigenvalue weighted by Crippen LogP contribution is 2.22. The number of carbonyl (C=O) groups excluding carboxylic acids is 2. The molecule has 2 amide bonds. The smallest absolute Gasteiger partial charge is 0.261 e. The third-order valence-corrected chi connectivity index (χ3v) is 4.44. The lowest BCUT2D eigenvalue weighted by atomic mass is 10.1. The Hall–Kier alpha value is -1.68. The third kappa shape index (κ3) is 5.17. The van der Waals surface area contributed by atoms with E-state index >= 15 is 0 Å². The van der Waals surface area contributed by atoms with E-state index in [9.17, 15) is 9.59 Å². The summed E-state index contributed by atoms with van der Waals surface area (Å²) in [7, 11) is 0. The molecule has 0 unspecified atom stereocenters. The molecule has 4 heteroatoms. The molecule has 0 saturated carbocycles. The van der Waals surface area contributed by atoms with E-state index < -0.39 is 0 Å². The lowest BCUT2D eigenvalue weighted by Gasteiger charge is -2.13. The van der Waals surface area contributed by atoms with E-state index in [1.807, 2.05) is 0 Å². The Bertz CT molecular complexity index is 506. The molecule has 0 N–H and O–H groups in total. The van der Waals surface area contributed by atoms with Crippen LogP contribution in [0.4, 0.5) is 0 Å². The van der Waals surface area contributed by atoms with E-state index in [0.29, 0.717) is 17.7 Å². The van der Waals surface area contributed by atoms with Crippen molar-refractivity contribution in [2.75, 3.05) is 19.8 Å². The van der Waals surface area contributed by atoms with Crippen molar-refractivity contribution < 1.29 is 14.3 Å². The summed E-state index contributed by atoms with van der Waals surface area (Å²) >= 11 is 0. The van der Waals surface area contributed by atoms with Gasteiger partial charge in [-0.05, 0) is 31.4 Å². The Balaban J connectivity index is 1.53. The molecule has 132 valence electrons. The molecule has 1 aliphatic heterocycles. The zero-order chi connectivity index (χ0) is 17.2. The topological polar surface area (TPSA) is 46.6 Å². The number of carbonyl (C=O) groups is 2. The van der Waals surface area contributed by atoms with Crippen molar-refractivity contribution in [3.8, 4) is 0 Å². The molecule has 24 heavy (non-hydrogen) atoms. The number of rotatable bonds is 12. The molecule has 0 bridgehead atoms. The largest absolute Gasteiger partial charge is 0.381 e. The molecule has 1 aromatic rings. The van der Waals surface area contributed by atoms with Gasteiger partial charge in [-0.15, -0.1) is 0 Å². The molecular weight excluding hydrogens is 302 g/mol. The fourth-order valence-corrected chi connectivity index (χ4v) is 3.00. The Morgan fingerprint density at radius 2 is 1.33 bits per heavy atom. The van der Waals surface area contributed by atoms with Gasteiger partial charge in [0, 0.05) is 19.8 Å². The average Bonchev–Trinajstić information content (AvgIpc) is 2.84. The first-order chi connectivity index (χ1) is 11.8. The predicted octanol–water partition coefficient (Wildman–Crippen LogP) is 4.44. The number of hydrogen-bond donors (Lipinski definition) is 0. The summed E-state index contributed by atoms with van der Waals surface area (Å²) in [5.41, 5.74) is 1.08. The Kier molecular flexibility index (Phi) is 7.96. The van der Waals surface area contributed by atoms with Gasteiger partial charge in [0.25, 0.3) is 11.8 Å². The molecule has 1 aliphatic rings. The lowest BCUT2D eigenvalue weighted by molar-refractivity contribution is 0.0650. The first-order valence-electron chi connectivity index (χ1n) is 9.28. The van der Waals surface area contributed by atoms with Gasteiger partial charge in [-0.1, -0.05) is 51.2 Å². The number of unbranched alkanes of at least 4 members (excludes halogenated alkanes) is 6. The van der Waals surface area contributed by atoms with E-state index in [4.69, 9.17) is 4.74 Å². The molecule has 4 nitrogen and oxygen atoms in total. The third-order valence-electron chi connectivity index (χ3n) is 4.44. The molecule has 1 aromatic carbocycles. The van der Waals surface area contributed by atoms with E-state index in [1.54, 1.807) is 24.3 Å². The van der Waals surface area contributed by atoms with Crippen LogP contribution in [0, 0.1) is 0 Å². The highest BCUT2D eigenvalue weighted by Gasteiger charge is 2.34. The molecule has 0 spiro atoms. The zero-order valence-corrected chi connectivity index (χ0v) is 14.8. The minimum absolute atomic E-state index is 0.147. The van der Waals surface area contributed by atoms with Crippen molar-refractivity contribution in [2.45, 2.75) is 58.3 Å². The highest BCUT2D eigenvalue weighted by atomic mass is 16.5. The standard InChI is InChI=1S/C20H29NO3/c1-2-3-4-10-15-24-16-11-6-5-9-14-21-19(22)17-12-7-8-13-18(17)20(21)23/h7-8,12-13H,2-6,9-11,14-16H2,1H3. The minimum atomic E-state index is -0.147. The van der Waals surface area contributed by atoms with E-state index in [0.717, 1.165) is 45.3 Å². The number of amides is 2. The lowest BCUT2D eigenvalue weighted by Crippen LogP contribution is -2.30. The van der Waals surface area contributed by atoms with Gasteiger partial charge in [-0.2, -0.15) is 0 Å². The van der Waals surface area contributed by atoms with Gasteiger partial charge in [0.1, 0.15) is 0 Å². The van der Waals surface area contributed by atoms with Crippen LogP contribution in [-0.4, -0.2) is 36.5 Å². The SMILES string of the molecule is CCCCCCOCCCCCCN1C(=O)c2ccccc2C1=O. The number of fused-ring (bicyclic) bond motifs is 1. The summed E-state index contributed by atoms with van der Waals surface area (Å²) in [4.78, 5) is 25.8. The monoisotopic (exact) mass is 331 g/mol. The molecule has 0 fully saturated rings. The van der Waals surface area contributed by atoms with E-state index in [1.165, 1.54) is 24.2 Å². The number of nitrogens with zero attached hydrogens (tertiary/aromatic N) is 1. The molecule has 2 rings (SSSR count). The van der Waals surface area contributed by atoms with Crippen LogP contribution in [0.25, 0.3) is 0 Å². The number of ether oxygens (including phenoxy) is 1. The molecule has 0 atom stereocenters. The van der Waals surface area contributed by atoms with Crippen molar-refractivity contribution in [1.29, 1.82) is 0 Å². The van der Waals surface area contributed by atoms with Crippen LogP contribution in [0.5, 0.6) is 0 Å². The molecule has 0 radical (unpaired) electrons. The van der Waals surface area contributed by atoms with Gasteiger partial charge >= 0.3 is 0 Å². The molecule has 1 heterocycles. The fourth-order valence-electron chi connectivity index (χ4n) is 3.00. The number of benzene rings is 1. The number of hydrogen-bond acceptors (Lipinski definition) is 3. The van der Waals surface area contributed by atoms with Crippen molar-refractivity contribution in [3.05, 3.63) is 35.4 Å². The maximum atomic E-state index is 12.2. The Labute approximate surface area is 145 Å². The van der Waals surface area contributed by atoms with Crippen molar-refractivity contribution in [1.82, 2.24) is 4.90 Å². The predicted molar refractivity (Wildman–Crippen MR) is 95.2 cm³/mol. The van der Waals surface area contributed by atoms with Crippen LogP contribution in [0.15, 0.2) is 24.3 Å². The van der Waals surface area contributed by atoms with Crippen molar-refractivity contribution in [3.63, 3.8) is 0 Å². The second-order valence-electron chi connectivity index (χ2n) is 6.39. The van der Waals surface area contributed by atoms with E-state index in [-0.39, 0.29) is 11.8 Å². The highest BCUT2D eigenvalue weighted by molar-refractivity contribution is 6.21. The maximum Gasteiger partial charge on any atom is 0.261 e. The van der Waals surface area contributed by atoms with Crippen LogP contribution >= 0.6 is 0 Å². The zero-order valence-electron chi connectivity index (χ0n) is 14.8. The molecule has 0 aliphatic carbocycles. The van der Waals surface area contributed by atoms with Gasteiger partial charge in [0.15, 0.2) is 0 Å². The van der Waals surface area contributed by atoms with Crippen molar-refractivity contribution in [2.24, 2.45) is 0 Å². The van der Waals surface area contributed by atoms with Crippen LogP contribution in [0.2, 0.25) is 0 Å². The van der Waals surface area contributed by atoms with Gasteiger partial charge in [-0.25, -0.2) is 0 Å². The summed E-state index contributed by atoms with van der Waals surface area (Å²) in [5.74, 6) is -0.294. The fraction of sp³-hybridized carbons (Fsp3) is 0.600. The van der Waals surface area contributed by atoms with Gasteiger partial charge in [0.2, 0.25) is 0 Å². The van der Waals surface area contributed by atoms with Crippen molar-refractivity contribution >= 4 is 11.8 Å². The maximum absolute atomic E-state index is 12.2. The normalized spacial score (nSPS) is 13.6. The Morgan fingerprint density at radius 3 is 1.92 bits per heavy atom. The molecule has 0 aromatic heterocycles. The average molecular weight is 331 g/mol. The first-order valence-corrected chi connectivity index (χ1v) is 9.28. The summed E-state index contributed by atoms with van der Waals surface area (Å²) < 4.78 is 5.62. The quantitative estimate of drug-likeness (QED) is 0.420. The summed E-state index contributed by atoms with van der Waals surface area (Å²) in [6.07, 6.45) is 8.99. The second-order valence-corrected chi connectivity index (χ2v) is 6.39. The molecule has 0 saturated heterocycles. The van der Waals surface area contributed by atoms with Gasteiger partial charge in [0.05, 0.1) is 11.1 Å². The minimum Gasteiger partial charge on any atom is -0.381 e. The Morgan fingerprint density at radius 1 is 0.792 bits per heavy atom. The second kappa shape index (κ2) is 10.2. The van der Waals surface area contributed by atoms with Crippen LogP contribution in [-0.2, 0) is 4.74 Å². The summed E-state index contributed by atoms with van der Waals surface area (Å²) in [6, 6.07) is 7.06. The van der Waals surface area contributed by atoms with E-state index in [2.05, 4.69) is 6.92 Å². The van der Waals surface area contributed by atoms with Crippen LogP contribution in [0.1, 0.15) is 79.0 Å². The summed E-state index contributed by atoms with van der Waals surface area (Å²) in [5, 5.41) is 0. The van der Waals surface area contributed by atoms with Gasteiger partial charge in [-0.3, -0.25) is 14.5 Å². The van der Waals surface area contributed by atoms with Crippen LogP contribution < -0.4 is 0 Å². The molecular formula is C20H29NO3. The number of imide groups is 1. The van der Waals surface area contributed by atoms with Crippen LogP contribution in [0.3, 0.4) is 0 Å². The first kappa shape index (κ1) is 18.7.